The van der Waals surface area contributed by atoms with E-state index in [9.17, 15) is 4.79 Å². The van der Waals surface area contributed by atoms with Crippen molar-refractivity contribution in [2.24, 2.45) is 5.92 Å². The Labute approximate surface area is 99.4 Å². The lowest BCUT2D eigenvalue weighted by Crippen LogP contribution is -2.44. The van der Waals surface area contributed by atoms with E-state index >= 15 is 0 Å². The van der Waals surface area contributed by atoms with E-state index in [0.717, 1.165) is 19.0 Å². The normalized spacial score (nSPS) is 29.9. The molecule has 0 N–H and O–H groups in total. The first-order chi connectivity index (χ1) is 7.77. The topological polar surface area (TPSA) is 20.3 Å². The number of piperidine rings is 1. The summed E-state index contributed by atoms with van der Waals surface area (Å²) in [4.78, 5) is 14.1. The molecule has 1 saturated heterocycles. The summed E-state index contributed by atoms with van der Waals surface area (Å²) in [5.41, 5.74) is 0. The predicted molar refractivity (Wildman–Crippen MR) is 66.5 cm³/mol. The second-order valence-electron chi connectivity index (χ2n) is 5.59. The number of carbonyl (C=O) groups excluding carboxylic acids is 1. The predicted octanol–water partition coefficient (Wildman–Crippen LogP) is 3.01. The highest BCUT2D eigenvalue weighted by molar-refractivity contribution is 5.78. The first kappa shape index (κ1) is 12.1. The molecule has 2 rings (SSSR count). The molecule has 2 heteroatoms. The van der Waals surface area contributed by atoms with Crippen molar-refractivity contribution in [3.63, 3.8) is 0 Å². The number of carbonyl (C=O) groups is 1. The lowest BCUT2D eigenvalue weighted by molar-refractivity contribution is -0.122. The summed E-state index contributed by atoms with van der Waals surface area (Å²) in [6.45, 7) is 4.04. The molecule has 1 aliphatic carbocycles. The minimum absolute atomic E-state index is 0.331. The zero-order valence-electron chi connectivity index (χ0n) is 10.6. The molecule has 2 fully saturated rings. The second-order valence-corrected chi connectivity index (χ2v) is 5.59. The number of ketones is 1. The largest absolute Gasteiger partial charge is 0.300 e. The van der Waals surface area contributed by atoms with Gasteiger partial charge in [0, 0.05) is 18.5 Å². The van der Waals surface area contributed by atoms with Crippen molar-refractivity contribution in [3.05, 3.63) is 0 Å². The fraction of sp³-hybridized carbons (Fsp3) is 0.929. The van der Waals surface area contributed by atoms with Gasteiger partial charge in [-0.25, -0.2) is 0 Å². The van der Waals surface area contributed by atoms with Crippen molar-refractivity contribution in [2.45, 2.75) is 64.3 Å². The van der Waals surface area contributed by atoms with Crippen LogP contribution in [0.1, 0.15) is 58.3 Å². The van der Waals surface area contributed by atoms with Gasteiger partial charge in [-0.2, -0.15) is 0 Å². The molecular weight excluding hydrogens is 198 g/mol. The van der Waals surface area contributed by atoms with Crippen LogP contribution in [0.25, 0.3) is 0 Å². The molecule has 2 nitrogen and oxygen atoms in total. The van der Waals surface area contributed by atoms with Gasteiger partial charge < -0.3 is 0 Å². The fourth-order valence-corrected chi connectivity index (χ4v) is 3.29. The molecule has 92 valence electrons. The molecule has 1 heterocycles. The Bertz CT molecular complexity index is 231. The summed E-state index contributed by atoms with van der Waals surface area (Å²) in [6, 6.07) is 0.782. The van der Waals surface area contributed by atoms with Gasteiger partial charge in [-0.1, -0.05) is 25.7 Å². The van der Waals surface area contributed by atoms with Gasteiger partial charge in [-0.3, -0.25) is 9.69 Å². The molecule has 0 spiro atoms. The molecule has 0 aromatic heterocycles. The third-order valence-corrected chi connectivity index (χ3v) is 4.37. The number of hydrogen-bond acceptors (Lipinski definition) is 2. The molecule has 16 heavy (non-hydrogen) atoms. The van der Waals surface area contributed by atoms with Crippen molar-refractivity contribution in [1.82, 2.24) is 4.90 Å². The van der Waals surface area contributed by atoms with Crippen molar-refractivity contribution in [3.8, 4) is 0 Å². The van der Waals surface area contributed by atoms with Crippen LogP contribution in [0.3, 0.4) is 0 Å². The van der Waals surface area contributed by atoms with Crippen LogP contribution in [0.4, 0.5) is 0 Å². The van der Waals surface area contributed by atoms with E-state index in [1.54, 1.807) is 6.92 Å². The first-order valence-corrected chi connectivity index (χ1v) is 7.02. The monoisotopic (exact) mass is 223 g/mol. The minimum Gasteiger partial charge on any atom is -0.300 e. The van der Waals surface area contributed by atoms with Crippen LogP contribution in [0.5, 0.6) is 0 Å². The number of nitrogens with zero attached hydrogens (tertiary/aromatic N) is 1. The van der Waals surface area contributed by atoms with Gasteiger partial charge in [0.15, 0.2) is 0 Å². The SMILES string of the molecule is CC(=O)C1CCCN(C2CCCCCC2)C1. The Morgan fingerprint density at radius 3 is 2.31 bits per heavy atom. The maximum Gasteiger partial charge on any atom is 0.134 e. The Balaban J connectivity index is 1.89. The smallest absolute Gasteiger partial charge is 0.134 e. The maximum atomic E-state index is 11.5. The van der Waals surface area contributed by atoms with Crippen LogP contribution in [-0.4, -0.2) is 29.8 Å². The zero-order valence-corrected chi connectivity index (χ0v) is 10.6. The van der Waals surface area contributed by atoms with Crippen molar-refractivity contribution in [2.75, 3.05) is 13.1 Å². The second kappa shape index (κ2) is 5.81. The molecule has 0 radical (unpaired) electrons. The maximum absolute atomic E-state index is 11.5. The van der Waals surface area contributed by atoms with E-state index in [1.807, 2.05) is 0 Å². The van der Waals surface area contributed by atoms with Crippen molar-refractivity contribution < 1.29 is 4.79 Å². The molecule has 1 unspecified atom stereocenters. The van der Waals surface area contributed by atoms with E-state index < -0.39 is 0 Å². The Hall–Kier alpha value is -0.370. The van der Waals surface area contributed by atoms with Crippen molar-refractivity contribution in [1.29, 1.82) is 0 Å². The Kier molecular flexibility index (Phi) is 4.39. The number of rotatable bonds is 2. The molecule has 0 bridgehead atoms. The van der Waals surface area contributed by atoms with Gasteiger partial charge in [-0.15, -0.1) is 0 Å². The number of hydrogen-bond donors (Lipinski definition) is 0. The van der Waals surface area contributed by atoms with E-state index in [4.69, 9.17) is 0 Å². The summed E-state index contributed by atoms with van der Waals surface area (Å²) < 4.78 is 0. The Morgan fingerprint density at radius 1 is 1.00 bits per heavy atom. The molecule has 1 atom stereocenters. The lowest BCUT2D eigenvalue weighted by atomic mass is 9.92. The summed E-state index contributed by atoms with van der Waals surface area (Å²) in [7, 11) is 0. The molecule has 0 aromatic rings. The van der Waals surface area contributed by atoms with Gasteiger partial charge in [0.05, 0.1) is 0 Å². The molecule has 1 aliphatic heterocycles. The van der Waals surface area contributed by atoms with Gasteiger partial charge in [0.1, 0.15) is 5.78 Å². The molecule has 0 amide bonds. The van der Waals surface area contributed by atoms with Gasteiger partial charge >= 0.3 is 0 Å². The minimum atomic E-state index is 0.331. The van der Waals surface area contributed by atoms with Crippen LogP contribution >= 0.6 is 0 Å². The summed E-state index contributed by atoms with van der Waals surface area (Å²) >= 11 is 0. The van der Waals surface area contributed by atoms with Crippen LogP contribution in [0.2, 0.25) is 0 Å². The lowest BCUT2D eigenvalue weighted by Gasteiger charge is -2.37. The van der Waals surface area contributed by atoms with E-state index in [-0.39, 0.29) is 0 Å². The molecule has 0 aromatic carbocycles. The van der Waals surface area contributed by atoms with Gasteiger partial charge in [0.25, 0.3) is 0 Å². The van der Waals surface area contributed by atoms with E-state index in [2.05, 4.69) is 4.90 Å². The van der Waals surface area contributed by atoms with Crippen LogP contribution in [0, 0.1) is 5.92 Å². The first-order valence-electron chi connectivity index (χ1n) is 7.02. The van der Waals surface area contributed by atoms with Gasteiger partial charge in [-0.05, 0) is 39.2 Å². The molecule has 2 aliphatic rings. The van der Waals surface area contributed by atoms with E-state index in [0.29, 0.717) is 11.7 Å². The highest BCUT2D eigenvalue weighted by Gasteiger charge is 2.28. The fourth-order valence-electron chi connectivity index (χ4n) is 3.29. The number of Topliss-reactive ketones (excluding diaryl/α,β-unsaturated/α-hetero) is 1. The standard InChI is InChI=1S/C14H25NO/c1-12(16)13-7-6-10-15(11-13)14-8-4-2-3-5-9-14/h13-14H,2-11H2,1H3. The van der Waals surface area contributed by atoms with Crippen molar-refractivity contribution >= 4 is 5.78 Å². The quantitative estimate of drug-likeness (QED) is 0.671. The summed E-state index contributed by atoms with van der Waals surface area (Å²) in [5, 5.41) is 0. The highest BCUT2D eigenvalue weighted by Crippen LogP contribution is 2.26. The number of likely N-dealkylation sites (tertiary alicyclic amines) is 1. The van der Waals surface area contributed by atoms with Crippen LogP contribution in [-0.2, 0) is 4.79 Å². The van der Waals surface area contributed by atoms with E-state index in [1.165, 1.54) is 51.5 Å². The third kappa shape index (κ3) is 3.07. The van der Waals surface area contributed by atoms with Crippen LogP contribution < -0.4 is 0 Å². The highest BCUT2D eigenvalue weighted by atomic mass is 16.1. The van der Waals surface area contributed by atoms with Crippen LogP contribution in [0.15, 0.2) is 0 Å². The molecular formula is C14H25NO. The van der Waals surface area contributed by atoms with Gasteiger partial charge in [0.2, 0.25) is 0 Å². The third-order valence-electron chi connectivity index (χ3n) is 4.37. The Morgan fingerprint density at radius 2 is 1.69 bits per heavy atom. The zero-order chi connectivity index (χ0) is 11.4. The summed E-state index contributed by atoms with van der Waals surface area (Å²) in [6.07, 6.45) is 10.7. The average molecular weight is 223 g/mol. The molecule has 1 saturated carbocycles. The summed E-state index contributed by atoms with van der Waals surface area (Å²) in [5.74, 6) is 0.732. The average Bonchev–Trinajstić information content (AvgIpc) is 2.57.